The summed E-state index contributed by atoms with van der Waals surface area (Å²) < 4.78 is 5.21. The third-order valence-electron chi connectivity index (χ3n) is 2.95. The Bertz CT molecular complexity index is 773. The van der Waals surface area contributed by atoms with Crippen LogP contribution >= 0.6 is 0 Å². The minimum Gasteiger partial charge on any atom is -0.479 e. The van der Waals surface area contributed by atoms with Crippen molar-refractivity contribution in [2.45, 2.75) is 19.4 Å². The number of hydrogen-bond donors (Lipinski definition) is 4. The van der Waals surface area contributed by atoms with Crippen molar-refractivity contribution in [1.29, 1.82) is 0 Å². The molecule has 0 aliphatic rings. The zero-order valence-electron chi connectivity index (χ0n) is 11.3. The number of carbonyl (C=O) groups is 2. The Kier molecular flexibility index (Phi) is 3.52. The van der Waals surface area contributed by atoms with Crippen LogP contribution in [0, 0.1) is 6.92 Å². The molecule has 4 N–H and O–H groups in total. The maximum Gasteiger partial charge on any atom is 0.337 e. The normalized spacial score (nSPS) is 13.9. The Labute approximate surface area is 117 Å². The van der Waals surface area contributed by atoms with E-state index >= 15 is 0 Å². The molecule has 9 heteroatoms. The van der Waals surface area contributed by atoms with Crippen LogP contribution in [0.5, 0.6) is 0 Å². The minimum absolute atomic E-state index is 0.00592. The van der Waals surface area contributed by atoms with Crippen LogP contribution in [0.2, 0.25) is 0 Å². The number of carbonyl (C=O) groups excluding carboxylic acids is 1. The predicted octanol–water partition coefficient (Wildman–Crippen LogP) is -0.610. The lowest BCUT2D eigenvalue weighted by atomic mass is 10.1. The number of fused-ring (bicyclic) bond motifs is 1. The molecule has 2 rings (SSSR count). The number of amides is 1. The van der Waals surface area contributed by atoms with Gasteiger partial charge < -0.3 is 24.9 Å². The molecule has 0 aliphatic carbocycles. The van der Waals surface area contributed by atoms with E-state index in [0.717, 1.165) is 13.3 Å². The highest BCUT2D eigenvalue weighted by Crippen LogP contribution is 2.20. The first-order valence-corrected chi connectivity index (χ1v) is 5.95. The monoisotopic (exact) mass is 295 g/mol. The summed E-state index contributed by atoms with van der Waals surface area (Å²) in [6, 6.07) is 0. The standard InChI is InChI=1S/C12H13N3O6/c1-5-6(7-9(17)14-4-15-10(7)21-5)8(16)13-3-12(2,20)11(18)19/h4,20H,3H2,1-2H3,(H,13,16)(H,18,19)(H,14,15,17). The Balaban J connectivity index is 2.35. The first kappa shape index (κ1) is 14.7. The summed E-state index contributed by atoms with van der Waals surface area (Å²) in [6.45, 7) is 2.00. The van der Waals surface area contributed by atoms with E-state index in [0.29, 0.717) is 0 Å². The van der Waals surface area contributed by atoms with Gasteiger partial charge in [-0.05, 0) is 13.8 Å². The Morgan fingerprint density at radius 2 is 2.19 bits per heavy atom. The van der Waals surface area contributed by atoms with Crippen molar-refractivity contribution in [2.24, 2.45) is 0 Å². The quantitative estimate of drug-likeness (QED) is 0.588. The van der Waals surface area contributed by atoms with Crippen LogP contribution < -0.4 is 10.9 Å². The lowest BCUT2D eigenvalue weighted by Crippen LogP contribution is -2.46. The van der Waals surface area contributed by atoms with Gasteiger partial charge in [-0.15, -0.1) is 0 Å². The zero-order valence-corrected chi connectivity index (χ0v) is 11.3. The van der Waals surface area contributed by atoms with Crippen molar-refractivity contribution in [3.63, 3.8) is 0 Å². The van der Waals surface area contributed by atoms with Gasteiger partial charge in [0.15, 0.2) is 5.60 Å². The summed E-state index contributed by atoms with van der Waals surface area (Å²) in [5.41, 5.74) is -2.70. The summed E-state index contributed by atoms with van der Waals surface area (Å²) in [4.78, 5) is 40.7. The summed E-state index contributed by atoms with van der Waals surface area (Å²) in [6.07, 6.45) is 1.14. The maximum absolute atomic E-state index is 12.1. The van der Waals surface area contributed by atoms with Crippen molar-refractivity contribution in [3.8, 4) is 0 Å². The van der Waals surface area contributed by atoms with Crippen LogP contribution in [0.15, 0.2) is 15.5 Å². The molecule has 0 spiro atoms. The first-order valence-electron chi connectivity index (χ1n) is 5.95. The van der Waals surface area contributed by atoms with Crippen LogP contribution in [-0.2, 0) is 4.79 Å². The van der Waals surface area contributed by atoms with Gasteiger partial charge >= 0.3 is 5.97 Å². The van der Waals surface area contributed by atoms with Crippen molar-refractivity contribution in [2.75, 3.05) is 6.54 Å². The molecule has 2 heterocycles. The van der Waals surface area contributed by atoms with E-state index in [2.05, 4.69) is 15.3 Å². The number of furan rings is 1. The lowest BCUT2D eigenvalue weighted by molar-refractivity contribution is -0.155. The molecule has 21 heavy (non-hydrogen) atoms. The van der Waals surface area contributed by atoms with E-state index in [1.54, 1.807) is 0 Å². The Morgan fingerprint density at radius 3 is 2.81 bits per heavy atom. The second kappa shape index (κ2) is 5.02. The Morgan fingerprint density at radius 1 is 1.52 bits per heavy atom. The summed E-state index contributed by atoms with van der Waals surface area (Å²) >= 11 is 0. The smallest absolute Gasteiger partial charge is 0.337 e. The second-order valence-electron chi connectivity index (χ2n) is 4.71. The van der Waals surface area contributed by atoms with E-state index in [9.17, 15) is 19.5 Å². The topological polar surface area (TPSA) is 146 Å². The molecule has 0 aromatic carbocycles. The highest BCUT2D eigenvalue weighted by atomic mass is 16.4. The fourth-order valence-corrected chi connectivity index (χ4v) is 1.74. The molecule has 0 saturated carbocycles. The summed E-state index contributed by atoms with van der Waals surface area (Å²) in [5.74, 6) is -2.04. The number of aromatic amines is 1. The SMILES string of the molecule is Cc1oc2nc[nH]c(=O)c2c1C(=O)NCC(C)(O)C(=O)O. The van der Waals surface area contributed by atoms with Gasteiger partial charge in [-0.1, -0.05) is 0 Å². The summed E-state index contributed by atoms with van der Waals surface area (Å²) in [5, 5.41) is 20.6. The number of carboxylic acid groups (broad SMARTS) is 1. The van der Waals surface area contributed by atoms with Crippen molar-refractivity contribution >= 4 is 23.0 Å². The van der Waals surface area contributed by atoms with Gasteiger partial charge in [0.2, 0.25) is 5.71 Å². The van der Waals surface area contributed by atoms with Crippen LogP contribution in [0.4, 0.5) is 0 Å². The third-order valence-corrected chi connectivity index (χ3v) is 2.95. The van der Waals surface area contributed by atoms with E-state index < -0.39 is 29.6 Å². The molecule has 1 atom stereocenters. The molecule has 1 amide bonds. The number of H-pyrrole nitrogens is 1. The molecule has 2 aromatic rings. The molecule has 0 aliphatic heterocycles. The number of aliphatic hydroxyl groups is 1. The molecule has 0 radical (unpaired) electrons. The van der Waals surface area contributed by atoms with Gasteiger partial charge in [0, 0.05) is 0 Å². The van der Waals surface area contributed by atoms with Crippen molar-refractivity contribution in [1.82, 2.24) is 15.3 Å². The lowest BCUT2D eigenvalue weighted by Gasteiger charge is -2.18. The average molecular weight is 295 g/mol. The molecule has 0 saturated heterocycles. The van der Waals surface area contributed by atoms with Crippen LogP contribution in [0.25, 0.3) is 11.1 Å². The number of aryl methyl sites for hydroxylation is 1. The Hall–Kier alpha value is -2.68. The molecular weight excluding hydrogens is 282 g/mol. The van der Waals surface area contributed by atoms with Crippen molar-refractivity contribution < 1.29 is 24.2 Å². The summed E-state index contributed by atoms with van der Waals surface area (Å²) in [7, 11) is 0. The highest BCUT2D eigenvalue weighted by Gasteiger charge is 2.31. The van der Waals surface area contributed by atoms with Gasteiger partial charge in [0.05, 0.1) is 18.4 Å². The van der Waals surface area contributed by atoms with E-state index in [-0.39, 0.29) is 22.4 Å². The van der Waals surface area contributed by atoms with Crippen LogP contribution in [0.3, 0.4) is 0 Å². The molecular formula is C12H13N3O6. The van der Waals surface area contributed by atoms with Crippen LogP contribution in [0.1, 0.15) is 23.0 Å². The highest BCUT2D eigenvalue weighted by molar-refractivity contribution is 6.06. The molecule has 0 bridgehead atoms. The predicted molar refractivity (Wildman–Crippen MR) is 70.0 cm³/mol. The molecule has 2 aromatic heterocycles. The maximum atomic E-state index is 12.1. The molecule has 112 valence electrons. The third kappa shape index (κ3) is 2.63. The number of aliphatic carboxylic acids is 1. The van der Waals surface area contributed by atoms with Gasteiger partial charge in [0.25, 0.3) is 11.5 Å². The molecule has 0 fully saturated rings. The van der Waals surface area contributed by atoms with E-state index in [1.807, 2.05) is 0 Å². The fourth-order valence-electron chi connectivity index (χ4n) is 1.74. The minimum atomic E-state index is -2.12. The van der Waals surface area contributed by atoms with Gasteiger partial charge in [0.1, 0.15) is 11.1 Å². The average Bonchev–Trinajstić information content (AvgIpc) is 2.73. The van der Waals surface area contributed by atoms with E-state index in [4.69, 9.17) is 9.52 Å². The fraction of sp³-hybridized carbons (Fsp3) is 0.333. The zero-order chi connectivity index (χ0) is 15.8. The van der Waals surface area contributed by atoms with E-state index in [1.165, 1.54) is 6.92 Å². The second-order valence-corrected chi connectivity index (χ2v) is 4.71. The number of nitrogens with zero attached hydrogens (tertiary/aromatic N) is 1. The largest absolute Gasteiger partial charge is 0.479 e. The number of rotatable bonds is 4. The van der Waals surface area contributed by atoms with Gasteiger partial charge in [-0.2, -0.15) is 0 Å². The number of aromatic nitrogens is 2. The first-order chi connectivity index (χ1) is 9.74. The number of nitrogens with one attached hydrogen (secondary N) is 2. The number of carboxylic acids is 1. The molecule has 1 unspecified atom stereocenters. The number of hydrogen-bond acceptors (Lipinski definition) is 6. The van der Waals surface area contributed by atoms with Gasteiger partial charge in [-0.3, -0.25) is 9.59 Å². The van der Waals surface area contributed by atoms with Crippen LogP contribution in [-0.4, -0.2) is 44.2 Å². The molecule has 9 nitrogen and oxygen atoms in total. The van der Waals surface area contributed by atoms with Crippen molar-refractivity contribution in [3.05, 3.63) is 28.0 Å². The van der Waals surface area contributed by atoms with Gasteiger partial charge in [-0.25, -0.2) is 9.78 Å².